The van der Waals surface area contributed by atoms with E-state index < -0.39 is 0 Å². The van der Waals surface area contributed by atoms with E-state index >= 15 is 0 Å². The van der Waals surface area contributed by atoms with Crippen LogP contribution in [0.3, 0.4) is 0 Å². The van der Waals surface area contributed by atoms with E-state index in [4.69, 9.17) is 0 Å². The fraction of sp³-hybridized carbons (Fsp3) is 0.647. The Labute approximate surface area is 122 Å². The fourth-order valence-electron chi connectivity index (χ4n) is 2.84. The number of hydrogen-bond acceptors (Lipinski definition) is 2. The molecule has 1 saturated heterocycles. The van der Waals surface area contributed by atoms with Crippen molar-refractivity contribution in [3.63, 3.8) is 0 Å². The van der Waals surface area contributed by atoms with Crippen molar-refractivity contribution in [2.45, 2.75) is 56.7 Å². The molecule has 1 aromatic rings. The molecule has 0 amide bonds. The lowest BCUT2D eigenvalue weighted by Gasteiger charge is -2.24. The minimum absolute atomic E-state index is 0.733. The minimum atomic E-state index is 0.733. The molecule has 0 bridgehead atoms. The predicted molar refractivity (Wildman–Crippen MR) is 86.9 cm³/mol. The van der Waals surface area contributed by atoms with Gasteiger partial charge in [-0.1, -0.05) is 37.3 Å². The summed E-state index contributed by atoms with van der Waals surface area (Å²) < 4.78 is 0. The van der Waals surface area contributed by atoms with Crippen LogP contribution in [0.4, 0.5) is 0 Å². The Bertz CT molecular complexity index is 332. The van der Waals surface area contributed by atoms with E-state index in [1.807, 2.05) is 0 Å². The van der Waals surface area contributed by atoms with Gasteiger partial charge in [-0.3, -0.25) is 0 Å². The van der Waals surface area contributed by atoms with Gasteiger partial charge in [-0.15, -0.1) is 0 Å². The van der Waals surface area contributed by atoms with Gasteiger partial charge in [0.05, 0.1) is 0 Å². The molecule has 106 valence electrons. The molecule has 0 radical (unpaired) electrons. The highest BCUT2D eigenvalue weighted by Crippen LogP contribution is 2.30. The second kappa shape index (κ2) is 8.65. The van der Waals surface area contributed by atoms with Crippen LogP contribution in [-0.2, 0) is 6.42 Å². The first-order valence-electron chi connectivity index (χ1n) is 7.79. The van der Waals surface area contributed by atoms with Crippen LogP contribution in [0.5, 0.6) is 0 Å². The average Bonchev–Trinajstić information content (AvgIpc) is 2.98. The van der Waals surface area contributed by atoms with Crippen molar-refractivity contribution in [3.05, 3.63) is 35.9 Å². The second-order valence-corrected chi connectivity index (χ2v) is 6.84. The Morgan fingerprint density at radius 1 is 1.32 bits per heavy atom. The monoisotopic (exact) mass is 277 g/mol. The third-order valence-electron chi connectivity index (χ3n) is 3.89. The molecule has 1 aromatic carbocycles. The summed E-state index contributed by atoms with van der Waals surface area (Å²) in [6.07, 6.45) is 7.93. The van der Waals surface area contributed by atoms with Crippen LogP contribution in [0.1, 0.15) is 44.6 Å². The first kappa shape index (κ1) is 14.9. The Kier molecular flexibility index (Phi) is 6.80. The molecule has 1 nitrogen and oxygen atoms in total. The van der Waals surface area contributed by atoms with Gasteiger partial charge in [0.25, 0.3) is 0 Å². The molecule has 0 saturated carbocycles. The van der Waals surface area contributed by atoms with E-state index in [1.54, 1.807) is 0 Å². The number of hydrogen-bond donors (Lipinski definition) is 1. The van der Waals surface area contributed by atoms with E-state index in [1.165, 1.54) is 56.4 Å². The van der Waals surface area contributed by atoms with Gasteiger partial charge in [-0.05, 0) is 56.4 Å². The Morgan fingerprint density at radius 2 is 2.16 bits per heavy atom. The third-order valence-corrected chi connectivity index (χ3v) is 5.41. The van der Waals surface area contributed by atoms with Gasteiger partial charge in [0.2, 0.25) is 0 Å². The second-order valence-electron chi connectivity index (χ2n) is 5.49. The highest BCUT2D eigenvalue weighted by Gasteiger charge is 2.24. The highest BCUT2D eigenvalue weighted by atomic mass is 32.2. The molecule has 19 heavy (non-hydrogen) atoms. The standard InChI is InChI=1S/C17H27NS/c1-2-13-18-16(17-12-7-14-19-17)11-6-10-15-8-4-3-5-9-15/h3-5,8-9,16-18H,2,6-7,10-14H2,1H3. The SMILES string of the molecule is CCCNC(CCCc1ccccc1)C1CCCS1. The zero-order valence-corrected chi connectivity index (χ0v) is 12.9. The summed E-state index contributed by atoms with van der Waals surface area (Å²) in [4.78, 5) is 0. The first-order valence-corrected chi connectivity index (χ1v) is 8.84. The van der Waals surface area contributed by atoms with Gasteiger partial charge in [0, 0.05) is 11.3 Å². The molecule has 0 spiro atoms. The molecule has 1 N–H and O–H groups in total. The summed E-state index contributed by atoms with van der Waals surface area (Å²) in [6, 6.07) is 11.6. The van der Waals surface area contributed by atoms with E-state index in [0.717, 1.165) is 11.3 Å². The van der Waals surface area contributed by atoms with Crippen molar-refractivity contribution < 1.29 is 0 Å². The molecular formula is C17H27NS. The number of aryl methyl sites for hydroxylation is 1. The molecule has 1 fully saturated rings. The largest absolute Gasteiger partial charge is 0.313 e. The first-order chi connectivity index (χ1) is 9.40. The molecule has 0 aliphatic carbocycles. The summed E-state index contributed by atoms with van der Waals surface area (Å²) in [5.74, 6) is 1.37. The lowest BCUT2D eigenvalue weighted by atomic mass is 10.0. The molecule has 1 aliphatic rings. The molecule has 1 aliphatic heterocycles. The Morgan fingerprint density at radius 3 is 2.84 bits per heavy atom. The van der Waals surface area contributed by atoms with Crippen LogP contribution in [0.25, 0.3) is 0 Å². The van der Waals surface area contributed by atoms with Gasteiger partial charge < -0.3 is 5.32 Å². The number of rotatable bonds is 8. The summed E-state index contributed by atoms with van der Waals surface area (Å²) >= 11 is 2.18. The maximum absolute atomic E-state index is 3.78. The van der Waals surface area contributed by atoms with Crippen LogP contribution < -0.4 is 5.32 Å². The van der Waals surface area contributed by atoms with Crippen molar-refractivity contribution in [1.82, 2.24) is 5.32 Å². The Balaban J connectivity index is 1.75. The van der Waals surface area contributed by atoms with Crippen LogP contribution in [0, 0.1) is 0 Å². The van der Waals surface area contributed by atoms with Crippen molar-refractivity contribution in [2.24, 2.45) is 0 Å². The van der Waals surface area contributed by atoms with E-state index in [0.29, 0.717) is 0 Å². The lowest BCUT2D eigenvalue weighted by Crippen LogP contribution is -2.37. The summed E-state index contributed by atoms with van der Waals surface area (Å²) in [6.45, 7) is 3.43. The van der Waals surface area contributed by atoms with Crippen LogP contribution in [0.15, 0.2) is 30.3 Å². The highest BCUT2D eigenvalue weighted by molar-refractivity contribution is 8.00. The van der Waals surface area contributed by atoms with E-state index in [-0.39, 0.29) is 0 Å². The maximum Gasteiger partial charge on any atom is 0.0201 e. The molecule has 0 aromatic heterocycles. The van der Waals surface area contributed by atoms with Gasteiger partial charge >= 0.3 is 0 Å². The molecule has 2 heteroatoms. The topological polar surface area (TPSA) is 12.0 Å². The molecule has 2 atom stereocenters. The third kappa shape index (κ3) is 5.19. The normalized spacial score (nSPS) is 20.6. The van der Waals surface area contributed by atoms with E-state index in [2.05, 4.69) is 54.3 Å². The zero-order chi connectivity index (χ0) is 13.3. The average molecular weight is 277 g/mol. The summed E-state index contributed by atoms with van der Waals surface area (Å²) in [5, 5.41) is 4.64. The summed E-state index contributed by atoms with van der Waals surface area (Å²) in [5.41, 5.74) is 1.48. The van der Waals surface area contributed by atoms with Crippen molar-refractivity contribution in [2.75, 3.05) is 12.3 Å². The lowest BCUT2D eigenvalue weighted by molar-refractivity contribution is 0.446. The van der Waals surface area contributed by atoms with Gasteiger partial charge in [-0.25, -0.2) is 0 Å². The minimum Gasteiger partial charge on any atom is -0.313 e. The smallest absolute Gasteiger partial charge is 0.0201 e. The predicted octanol–water partition coefficient (Wildman–Crippen LogP) is 4.27. The molecular weight excluding hydrogens is 250 g/mol. The zero-order valence-electron chi connectivity index (χ0n) is 12.1. The Hall–Kier alpha value is -0.470. The van der Waals surface area contributed by atoms with Gasteiger partial charge in [-0.2, -0.15) is 11.8 Å². The molecule has 2 unspecified atom stereocenters. The number of thioether (sulfide) groups is 1. The molecule has 1 heterocycles. The number of benzene rings is 1. The van der Waals surface area contributed by atoms with Gasteiger partial charge in [0.1, 0.15) is 0 Å². The van der Waals surface area contributed by atoms with Crippen molar-refractivity contribution in [1.29, 1.82) is 0 Å². The quantitative estimate of drug-likeness (QED) is 0.761. The van der Waals surface area contributed by atoms with Crippen LogP contribution in [0.2, 0.25) is 0 Å². The van der Waals surface area contributed by atoms with Crippen molar-refractivity contribution in [3.8, 4) is 0 Å². The van der Waals surface area contributed by atoms with Gasteiger partial charge in [0.15, 0.2) is 0 Å². The van der Waals surface area contributed by atoms with E-state index in [9.17, 15) is 0 Å². The van der Waals surface area contributed by atoms with Crippen LogP contribution >= 0.6 is 11.8 Å². The molecule has 2 rings (SSSR count). The maximum atomic E-state index is 3.78. The van der Waals surface area contributed by atoms with Crippen molar-refractivity contribution >= 4 is 11.8 Å². The summed E-state index contributed by atoms with van der Waals surface area (Å²) in [7, 11) is 0. The fourth-order valence-corrected chi connectivity index (χ4v) is 4.27. The van der Waals surface area contributed by atoms with Crippen LogP contribution in [-0.4, -0.2) is 23.6 Å². The number of nitrogens with one attached hydrogen (secondary N) is 1.